The summed E-state index contributed by atoms with van der Waals surface area (Å²) in [6, 6.07) is 11.6. The highest BCUT2D eigenvalue weighted by Gasteiger charge is 2.25. The standard InChI is InChI=1S/C25H20BrF2N7O2S/c1-12-19(26)13(2)35(32-12)11-34-9-8-16(33-34)24(37)31-20-18-15(14-6-4-3-5-7-14)10-17(22(27)28)30-25(18)38-21(20)23(29)36/h3-10,22H,11H2,1-2H3,(H2,29,36)(H,31,37). The average Bonchev–Trinajstić information content (AvgIpc) is 3.58. The zero-order valence-electron chi connectivity index (χ0n) is 20.1. The summed E-state index contributed by atoms with van der Waals surface area (Å²) in [5.74, 6) is -1.42. The van der Waals surface area contributed by atoms with Crippen molar-refractivity contribution in [3.05, 3.63) is 80.8 Å². The van der Waals surface area contributed by atoms with Crippen LogP contribution >= 0.6 is 27.3 Å². The first-order valence-corrected chi connectivity index (χ1v) is 12.9. The van der Waals surface area contributed by atoms with Crippen molar-refractivity contribution in [1.82, 2.24) is 24.5 Å². The maximum absolute atomic E-state index is 13.7. The summed E-state index contributed by atoms with van der Waals surface area (Å²) in [7, 11) is 0. The molecule has 2 amide bonds. The second kappa shape index (κ2) is 10.1. The number of alkyl halides is 2. The van der Waals surface area contributed by atoms with Gasteiger partial charge in [-0.25, -0.2) is 18.4 Å². The SMILES string of the molecule is Cc1nn(Cn2ccc(C(=O)Nc3c(C(N)=O)sc4nc(C(F)F)cc(-c5ccccc5)c34)n2)c(C)c1Br. The first-order valence-electron chi connectivity index (χ1n) is 11.3. The number of nitrogens with one attached hydrogen (secondary N) is 1. The minimum absolute atomic E-state index is 0.00336. The number of nitrogens with two attached hydrogens (primary N) is 1. The Bertz CT molecular complexity index is 1700. The minimum atomic E-state index is -2.83. The Hall–Kier alpha value is -3.97. The largest absolute Gasteiger partial charge is 0.365 e. The fourth-order valence-corrected chi connectivity index (χ4v) is 5.35. The molecule has 0 fully saturated rings. The van der Waals surface area contributed by atoms with E-state index in [0.29, 0.717) is 16.5 Å². The first kappa shape index (κ1) is 25.7. The number of halogens is 3. The van der Waals surface area contributed by atoms with Crippen LogP contribution in [0.5, 0.6) is 0 Å². The van der Waals surface area contributed by atoms with Gasteiger partial charge < -0.3 is 11.1 Å². The molecule has 4 heterocycles. The first-order chi connectivity index (χ1) is 18.1. The fourth-order valence-electron chi connectivity index (χ4n) is 4.06. The number of pyridine rings is 1. The fraction of sp³-hybridized carbons (Fsp3) is 0.160. The lowest BCUT2D eigenvalue weighted by Gasteiger charge is -2.10. The van der Waals surface area contributed by atoms with Crippen molar-refractivity contribution in [2.75, 3.05) is 5.32 Å². The predicted molar refractivity (Wildman–Crippen MR) is 144 cm³/mol. The Morgan fingerprint density at radius 1 is 1.16 bits per heavy atom. The number of thiophene rings is 1. The maximum atomic E-state index is 13.7. The molecule has 9 nitrogen and oxygen atoms in total. The molecule has 5 rings (SSSR count). The summed E-state index contributed by atoms with van der Waals surface area (Å²) in [6.07, 6.45) is -1.20. The van der Waals surface area contributed by atoms with Crippen LogP contribution in [-0.4, -0.2) is 36.4 Å². The molecule has 0 bridgehead atoms. The van der Waals surface area contributed by atoms with Gasteiger partial charge in [0.05, 0.1) is 21.5 Å². The Morgan fingerprint density at radius 3 is 2.53 bits per heavy atom. The number of rotatable bonds is 7. The third-order valence-corrected chi connectivity index (χ3v) is 8.14. The van der Waals surface area contributed by atoms with Crippen molar-refractivity contribution in [2.24, 2.45) is 5.73 Å². The van der Waals surface area contributed by atoms with E-state index >= 15 is 0 Å². The van der Waals surface area contributed by atoms with Gasteiger partial charge in [-0.2, -0.15) is 10.2 Å². The third-order valence-electron chi connectivity index (χ3n) is 5.90. The van der Waals surface area contributed by atoms with Crippen LogP contribution in [0, 0.1) is 13.8 Å². The summed E-state index contributed by atoms with van der Waals surface area (Å²) in [5, 5.41) is 11.9. The van der Waals surface area contributed by atoms with Crippen LogP contribution in [0.25, 0.3) is 21.3 Å². The number of amides is 2. The van der Waals surface area contributed by atoms with E-state index in [0.717, 1.165) is 27.2 Å². The summed E-state index contributed by atoms with van der Waals surface area (Å²) < 4.78 is 31.5. The van der Waals surface area contributed by atoms with Crippen molar-refractivity contribution >= 4 is 55.0 Å². The Balaban J connectivity index is 1.55. The van der Waals surface area contributed by atoms with E-state index in [4.69, 9.17) is 5.73 Å². The predicted octanol–water partition coefficient (Wildman–Crippen LogP) is 5.53. The van der Waals surface area contributed by atoms with Gasteiger partial charge in [0.1, 0.15) is 22.1 Å². The number of primary amides is 1. The number of carbonyl (C=O) groups is 2. The van der Waals surface area contributed by atoms with E-state index in [-0.39, 0.29) is 27.8 Å². The van der Waals surface area contributed by atoms with Gasteiger partial charge in [0.15, 0.2) is 5.69 Å². The lowest BCUT2D eigenvalue weighted by molar-refractivity contribution is 0.100. The van der Waals surface area contributed by atoms with Crippen LogP contribution in [0.15, 0.2) is 53.1 Å². The van der Waals surface area contributed by atoms with Crippen molar-refractivity contribution in [2.45, 2.75) is 26.9 Å². The molecule has 0 spiro atoms. The van der Waals surface area contributed by atoms with Crippen LogP contribution in [0.1, 0.15) is 43.7 Å². The number of fused-ring (bicyclic) bond motifs is 1. The summed E-state index contributed by atoms with van der Waals surface area (Å²) in [4.78, 5) is 29.8. The van der Waals surface area contributed by atoms with Gasteiger partial charge in [0, 0.05) is 11.6 Å². The number of hydrogen-bond donors (Lipinski definition) is 2. The Kier molecular flexibility index (Phi) is 6.80. The van der Waals surface area contributed by atoms with Gasteiger partial charge in [-0.1, -0.05) is 30.3 Å². The highest BCUT2D eigenvalue weighted by atomic mass is 79.9. The molecule has 1 aromatic carbocycles. The van der Waals surface area contributed by atoms with Crippen LogP contribution in [0.2, 0.25) is 0 Å². The van der Waals surface area contributed by atoms with Crippen LogP contribution < -0.4 is 11.1 Å². The number of carbonyl (C=O) groups excluding carboxylic acids is 2. The molecule has 3 N–H and O–H groups in total. The molecule has 38 heavy (non-hydrogen) atoms. The minimum Gasteiger partial charge on any atom is -0.365 e. The zero-order valence-corrected chi connectivity index (χ0v) is 22.5. The lowest BCUT2D eigenvalue weighted by Crippen LogP contribution is -2.18. The normalized spacial score (nSPS) is 11.4. The highest BCUT2D eigenvalue weighted by Crippen LogP contribution is 2.42. The van der Waals surface area contributed by atoms with Crippen molar-refractivity contribution in [3.63, 3.8) is 0 Å². The Labute approximate surface area is 227 Å². The zero-order chi connectivity index (χ0) is 27.1. The molecule has 0 unspecified atom stereocenters. The number of aryl methyl sites for hydroxylation is 1. The van der Waals surface area contributed by atoms with E-state index in [9.17, 15) is 18.4 Å². The molecule has 0 aliphatic rings. The smallest absolute Gasteiger partial charge is 0.280 e. The summed E-state index contributed by atoms with van der Waals surface area (Å²) in [5.41, 5.74) is 8.10. The topological polar surface area (TPSA) is 121 Å². The van der Waals surface area contributed by atoms with Gasteiger partial charge in [-0.05, 0) is 53.0 Å². The number of hydrogen-bond acceptors (Lipinski definition) is 6. The van der Waals surface area contributed by atoms with E-state index in [1.54, 1.807) is 45.9 Å². The molecule has 194 valence electrons. The molecular weight excluding hydrogens is 580 g/mol. The second-order valence-electron chi connectivity index (χ2n) is 8.43. The van der Waals surface area contributed by atoms with Gasteiger partial charge >= 0.3 is 0 Å². The van der Waals surface area contributed by atoms with Crippen LogP contribution in [0.3, 0.4) is 0 Å². The van der Waals surface area contributed by atoms with Crippen molar-refractivity contribution in [3.8, 4) is 11.1 Å². The molecule has 0 saturated heterocycles. The van der Waals surface area contributed by atoms with Gasteiger partial charge in [0.25, 0.3) is 18.2 Å². The van der Waals surface area contributed by atoms with Crippen LogP contribution in [0.4, 0.5) is 14.5 Å². The van der Waals surface area contributed by atoms with E-state index in [1.165, 1.54) is 12.1 Å². The number of benzene rings is 1. The number of anilines is 1. The Morgan fingerprint density at radius 2 is 1.89 bits per heavy atom. The van der Waals surface area contributed by atoms with Gasteiger partial charge in [-0.15, -0.1) is 11.3 Å². The molecule has 13 heteroatoms. The summed E-state index contributed by atoms with van der Waals surface area (Å²) in [6.45, 7) is 4.06. The molecule has 0 radical (unpaired) electrons. The third kappa shape index (κ3) is 4.70. The molecule has 0 aliphatic carbocycles. The number of aromatic nitrogens is 5. The quantitative estimate of drug-likeness (QED) is 0.255. The van der Waals surface area contributed by atoms with E-state index < -0.39 is 23.9 Å². The van der Waals surface area contributed by atoms with E-state index in [2.05, 4.69) is 36.4 Å². The molecular formula is C25H20BrF2N7O2S. The van der Waals surface area contributed by atoms with Crippen LogP contribution in [-0.2, 0) is 6.67 Å². The molecule has 0 atom stereocenters. The monoisotopic (exact) mass is 599 g/mol. The van der Waals surface area contributed by atoms with Crippen molar-refractivity contribution < 1.29 is 18.4 Å². The summed E-state index contributed by atoms with van der Waals surface area (Å²) >= 11 is 4.33. The number of nitrogens with zero attached hydrogens (tertiary/aromatic N) is 5. The molecule has 0 aliphatic heterocycles. The second-order valence-corrected chi connectivity index (χ2v) is 10.2. The van der Waals surface area contributed by atoms with Gasteiger partial charge in [0.2, 0.25) is 0 Å². The van der Waals surface area contributed by atoms with E-state index in [1.807, 2.05) is 13.8 Å². The molecule has 5 aromatic rings. The average molecular weight is 600 g/mol. The molecule has 0 saturated carbocycles. The van der Waals surface area contributed by atoms with Gasteiger partial charge in [-0.3, -0.25) is 14.3 Å². The maximum Gasteiger partial charge on any atom is 0.280 e. The highest BCUT2D eigenvalue weighted by molar-refractivity contribution is 9.10. The van der Waals surface area contributed by atoms with Crippen molar-refractivity contribution in [1.29, 1.82) is 0 Å². The lowest BCUT2D eigenvalue weighted by atomic mass is 10.0. The molecule has 4 aromatic heterocycles.